The summed E-state index contributed by atoms with van der Waals surface area (Å²) >= 11 is 0. The molecule has 0 radical (unpaired) electrons. The average molecular weight is 446 g/mol. The van der Waals surface area contributed by atoms with E-state index in [0.29, 0.717) is 25.1 Å². The van der Waals surface area contributed by atoms with Crippen LogP contribution in [0.2, 0.25) is 0 Å². The van der Waals surface area contributed by atoms with Crippen molar-refractivity contribution in [3.63, 3.8) is 0 Å². The van der Waals surface area contributed by atoms with Gasteiger partial charge in [0.05, 0.1) is 5.69 Å². The lowest BCUT2D eigenvalue weighted by Crippen LogP contribution is -2.45. The smallest absolute Gasteiger partial charge is 0.247 e. The number of H-pyrrole nitrogens is 2. The van der Waals surface area contributed by atoms with Crippen LogP contribution in [0.25, 0.3) is 21.8 Å². The molecule has 0 saturated heterocycles. The first-order valence-corrected chi connectivity index (χ1v) is 11.6. The Kier molecular flexibility index (Phi) is 7.42. The van der Waals surface area contributed by atoms with Crippen LogP contribution in [0, 0.1) is 0 Å². The van der Waals surface area contributed by atoms with E-state index in [1.54, 1.807) is 6.20 Å². The van der Waals surface area contributed by atoms with Gasteiger partial charge < -0.3 is 26.3 Å². The molecule has 1 unspecified atom stereocenters. The van der Waals surface area contributed by atoms with Gasteiger partial charge in [-0.05, 0) is 37.1 Å². The maximum Gasteiger partial charge on any atom is 0.247 e. The fourth-order valence-electron chi connectivity index (χ4n) is 4.17. The molecule has 172 valence electrons. The van der Waals surface area contributed by atoms with E-state index in [-0.39, 0.29) is 11.8 Å². The van der Waals surface area contributed by atoms with E-state index in [1.807, 2.05) is 54.7 Å². The summed E-state index contributed by atoms with van der Waals surface area (Å²) in [5, 5.41) is 7.96. The number of hydrogen-bond donors (Lipinski definition) is 5. The van der Waals surface area contributed by atoms with Gasteiger partial charge in [0.1, 0.15) is 6.04 Å². The molecule has 2 heterocycles. The number of nitrogens with one attached hydrogen (secondary N) is 4. The minimum absolute atomic E-state index is 0.110. The molecule has 33 heavy (non-hydrogen) atoms. The highest BCUT2D eigenvalue weighted by atomic mass is 16.2. The van der Waals surface area contributed by atoms with Crippen molar-refractivity contribution in [2.24, 2.45) is 5.73 Å². The Morgan fingerprint density at radius 3 is 2.30 bits per heavy atom. The summed E-state index contributed by atoms with van der Waals surface area (Å²) in [6, 6.07) is 15.1. The molecule has 0 saturated carbocycles. The number of hydrogen-bond acceptors (Lipinski definition) is 3. The molecule has 0 fully saturated rings. The zero-order valence-corrected chi connectivity index (χ0v) is 18.7. The van der Waals surface area contributed by atoms with E-state index >= 15 is 0 Å². The Labute approximate surface area is 193 Å². The van der Waals surface area contributed by atoms with Gasteiger partial charge in [0, 0.05) is 47.0 Å². The first-order valence-electron chi connectivity index (χ1n) is 11.6. The highest BCUT2D eigenvalue weighted by Crippen LogP contribution is 2.24. The van der Waals surface area contributed by atoms with Crippen molar-refractivity contribution in [1.29, 1.82) is 0 Å². The lowest BCUT2D eigenvalue weighted by atomic mass is 10.0. The molecule has 0 aliphatic carbocycles. The summed E-state index contributed by atoms with van der Waals surface area (Å²) in [6.07, 6.45) is 8.23. The molecule has 0 aliphatic heterocycles. The number of fused-ring (bicyclic) bond motifs is 2. The SMILES string of the molecule is NCCCCCCC(=O)NC(Cc1c[nH]c2ccccc12)C(=O)Nc1c[nH]c2ccccc12. The number of aromatic nitrogens is 2. The van der Waals surface area contributed by atoms with Crippen LogP contribution in [0.5, 0.6) is 0 Å². The van der Waals surface area contributed by atoms with Gasteiger partial charge in [-0.1, -0.05) is 49.2 Å². The van der Waals surface area contributed by atoms with E-state index in [9.17, 15) is 9.59 Å². The minimum atomic E-state index is -0.686. The second-order valence-electron chi connectivity index (χ2n) is 8.37. The van der Waals surface area contributed by atoms with Gasteiger partial charge in [0.2, 0.25) is 11.8 Å². The highest BCUT2D eigenvalue weighted by Gasteiger charge is 2.23. The maximum atomic E-state index is 13.3. The summed E-state index contributed by atoms with van der Waals surface area (Å²) in [5.41, 5.74) is 9.19. The predicted molar refractivity (Wildman–Crippen MR) is 133 cm³/mol. The quantitative estimate of drug-likeness (QED) is 0.223. The largest absolute Gasteiger partial charge is 0.361 e. The Balaban J connectivity index is 1.48. The van der Waals surface area contributed by atoms with Gasteiger partial charge in [0.25, 0.3) is 0 Å². The van der Waals surface area contributed by atoms with Gasteiger partial charge in [0.15, 0.2) is 0 Å². The predicted octanol–water partition coefficient (Wildman–Crippen LogP) is 4.22. The summed E-state index contributed by atoms with van der Waals surface area (Å²) < 4.78 is 0. The summed E-state index contributed by atoms with van der Waals surface area (Å²) in [6.45, 7) is 0.674. The third-order valence-electron chi connectivity index (χ3n) is 5.96. The van der Waals surface area contributed by atoms with Crippen LogP contribution in [-0.4, -0.2) is 34.4 Å². The molecule has 4 rings (SSSR count). The number of benzene rings is 2. The third-order valence-corrected chi connectivity index (χ3v) is 5.96. The molecule has 7 nitrogen and oxygen atoms in total. The van der Waals surface area contributed by atoms with E-state index in [0.717, 1.165) is 53.1 Å². The standard InChI is InChI=1S/C26H31N5O2/c27-14-8-2-1-3-13-25(32)30-23(15-18-16-28-21-11-6-4-9-19(18)21)26(33)31-24-17-29-22-12-7-5-10-20(22)24/h4-7,9-12,16-17,23,28-29H,1-3,8,13-15,27H2,(H,30,32)(H,31,33). The van der Waals surface area contributed by atoms with E-state index in [2.05, 4.69) is 20.6 Å². The van der Waals surface area contributed by atoms with Gasteiger partial charge in [-0.2, -0.15) is 0 Å². The molecular formula is C26H31N5O2. The molecule has 4 aromatic rings. The fraction of sp³-hybridized carbons (Fsp3) is 0.308. The lowest BCUT2D eigenvalue weighted by molar-refractivity contribution is -0.126. The zero-order valence-electron chi connectivity index (χ0n) is 18.7. The van der Waals surface area contributed by atoms with Crippen molar-refractivity contribution >= 4 is 39.3 Å². The van der Waals surface area contributed by atoms with Crippen molar-refractivity contribution in [1.82, 2.24) is 15.3 Å². The summed E-state index contributed by atoms with van der Waals surface area (Å²) in [5.74, 6) is -0.344. The molecule has 2 amide bonds. The van der Waals surface area contributed by atoms with E-state index < -0.39 is 6.04 Å². The molecule has 7 heteroatoms. The second-order valence-corrected chi connectivity index (χ2v) is 8.37. The molecule has 0 bridgehead atoms. The lowest BCUT2D eigenvalue weighted by Gasteiger charge is -2.18. The van der Waals surface area contributed by atoms with E-state index in [4.69, 9.17) is 5.73 Å². The number of anilines is 1. The normalized spacial score (nSPS) is 12.2. The number of aromatic amines is 2. The maximum absolute atomic E-state index is 13.3. The van der Waals surface area contributed by atoms with Crippen LogP contribution in [0.3, 0.4) is 0 Å². The number of rotatable bonds is 11. The van der Waals surface area contributed by atoms with Crippen LogP contribution in [0.4, 0.5) is 5.69 Å². The first kappa shape index (κ1) is 22.6. The van der Waals surface area contributed by atoms with Crippen LogP contribution in [0.1, 0.15) is 37.7 Å². The minimum Gasteiger partial charge on any atom is -0.361 e. The molecule has 0 spiro atoms. The van der Waals surface area contributed by atoms with Crippen LogP contribution >= 0.6 is 0 Å². The number of carbonyl (C=O) groups excluding carboxylic acids is 2. The fourth-order valence-corrected chi connectivity index (χ4v) is 4.17. The Bertz CT molecular complexity index is 1230. The Hall–Kier alpha value is -3.58. The van der Waals surface area contributed by atoms with Crippen molar-refractivity contribution in [3.8, 4) is 0 Å². The second kappa shape index (κ2) is 10.8. The van der Waals surface area contributed by atoms with E-state index in [1.165, 1.54) is 0 Å². The van der Waals surface area contributed by atoms with Gasteiger partial charge >= 0.3 is 0 Å². The van der Waals surface area contributed by atoms with Gasteiger partial charge in [-0.3, -0.25) is 9.59 Å². The summed E-state index contributed by atoms with van der Waals surface area (Å²) in [4.78, 5) is 32.4. The van der Waals surface area contributed by atoms with Crippen molar-refractivity contribution < 1.29 is 9.59 Å². The molecular weight excluding hydrogens is 414 g/mol. The van der Waals surface area contributed by atoms with Crippen LogP contribution < -0.4 is 16.4 Å². The van der Waals surface area contributed by atoms with Crippen molar-refractivity contribution in [2.75, 3.05) is 11.9 Å². The van der Waals surface area contributed by atoms with Gasteiger partial charge in [-0.15, -0.1) is 0 Å². The van der Waals surface area contributed by atoms with Crippen LogP contribution in [-0.2, 0) is 16.0 Å². The highest BCUT2D eigenvalue weighted by molar-refractivity contribution is 6.04. The summed E-state index contributed by atoms with van der Waals surface area (Å²) in [7, 11) is 0. The molecule has 2 aromatic carbocycles. The topological polar surface area (TPSA) is 116 Å². The van der Waals surface area contributed by atoms with Crippen molar-refractivity contribution in [3.05, 3.63) is 66.5 Å². The first-order chi connectivity index (χ1) is 16.2. The number of nitrogens with two attached hydrogens (primary N) is 1. The van der Waals surface area contributed by atoms with Crippen LogP contribution in [0.15, 0.2) is 60.9 Å². The Morgan fingerprint density at radius 2 is 1.52 bits per heavy atom. The molecule has 1 atom stereocenters. The molecule has 0 aliphatic rings. The van der Waals surface area contributed by atoms with Gasteiger partial charge in [-0.25, -0.2) is 0 Å². The number of carbonyl (C=O) groups is 2. The molecule has 6 N–H and O–H groups in total. The average Bonchev–Trinajstić information content (AvgIpc) is 3.43. The molecule has 2 aromatic heterocycles. The Morgan fingerprint density at radius 1 is 0.848 bits per heavy atom. The third kappa shape index (κ3) is 5.62. The number of unbranched alkanes of at least 4 members (excludes halogenated alkanes) is 3. The zero-order chi connectivity index (χ0) is 23.0. The number of para-hydroxylation sites is 2. The van der Waals surface area contributed by atoms with Crippen molar-refractivity contribution in [2.45, 2.75) is 44.6 Å². The number of amides is 2. The monoisotopic (exact) mass is 445 g/mol.